The number of nitrogens with one attached hydrogen (secondary N) is 1. The fourth-order valence-electron chi connectivity index (χ4n) is 2.46. The van der Waals surface area contributed by atoms with Crippen LogP contribution in [0.2, 0.25) is 0 Å². The molecule has 0 saturated carbocycles. The number of hydrogen-bond acceptors (Lipinski definition) is 7. The van der Waals surface area contributed by atoms with Crippen LogP contribution in [0.25, 0.3) is 11.3 Å². The van der Waals surface area contributed by atoms with Gasteiger partial charge in [0.25, 0.3) is 0 Å². The van der Waals surface area contributed by atoms with E-state index < -0.39 is 0 Å². The molecule has 0 radical (unpaired) electrons. The molecule has 1 heterocycles. The van der Waals surface area contributed by atoms with E-state index in [1.54, 1.807) is 18.3 Å². The summed E-state index contributed by atoms with van der Waals surface area (Å²) in [4.78, 5) is 5.71. The summed E-state index contributed by atoms with van der Waals surface area (Å²) in [6.45, 7) is 2.03. The van der Waals surface area contributed by atoms with Crippen molar-refractivity contribution >= 4 is 22.7 Å². The fourth-order valence-corrected chi connectivity index (χ4v) is 3.24. The molecule has 26 heavy (non-hydrogen) atoms. The molecule has 0 amide bonds. The lowest BCUT2D eigenvalue weighted by atomic mass is 10.1. The molecule has 0 fully saturated rings. The molecule has 0 aliphatic carbocycles. The average Bonchev–Trinajstić information content (AvgIpc) is 3.04. The summed E-state index contributed by atoms with van der Waals surface area (Å²) in [5.74, 6) is 0.604. The zero-order valence-electron chi connectivity index (χ0n) is 14.7. The van der Waals surface area contributed by atoms with Gasteiger partial charge >= 0.3 is 0 Å². The van der Waals surface area contributed by atoms with Gasteiger partial charge in [0.05, 0.1) is 26.1 Å². The summed E-state index contributed by atoms with van der Waals surface area (Å²) in [6.07, 6.45) is 1.61. The molecule has 0 saturated heterocycles. The van der Waals surface area contributed by atoms with Crippen LogP contribution in [0.5, 0.6) is 17.2 Å². The van der Waals surface area contributed by atoms with Gasteiger partial charge in [0.1, 0.15) is 0 Å². The zero-order chi connectivity index (χ0) is 18.5. The number of rotatable bonds is 6. The highest BCUT2D eigenvalue weighted by Gasteiger charge is 2.11. The van der Waals surface area contributed by atoms with Crippen LogP contribution >= 0.6 is 11.3 Å². The number of phenols is 1. The quantitative estimate of drug-likeness (QED) is 0.501. The number of benzene rings is 2. The second-order valence-corrected chi connectivity index (χ2v) is 6.64. The van der Waals surface area contributed by atoms with Gasteiger partial charge in [-0.05, 0) is 19.1 Å². The van der Waals surface area contributed by atoms with Crippen molar-refractivity contribution in [2.75, 3.05) is 19.6 Å². The predicted octanol–water partition coefficient (Wildman–Crippen LogP) is 4.29. The van der Waals surface area contributed by atoms with Crippen LogP contribution in [0.15, 0.2) is 47.6 Å². The molecule has 2 N–H and O–H groups in total. The molecule has 0 aliphatic heterocycles. The molecular weight excluding hydrogens is 350 g/mol. The Morgan fingerprint density at radius 3 is 2.38 bits per heavy atom. The molecule has 3 aromatic rings. The van der Waals surface area contributed by atoms with Crippen molar-refractivity contribution in [2.45, 2.75) is 6.92 Å². The number of ether oxygens (including phenoxy) is 2. The lowest BCUT2D eigenvalue weighted by Crippen LogP contribution is -1.94. The van der Waals surface area contributed by atoms with Gasteiger partial charge < -0.3 is 14.6 Å². The number of thiazole rings is 1. The average molecular weight is 369 g/mol. The highest BCUT2D eigenvalue weighted by Crippen LogP contribution is 2.36. The van der Waals surface area contributed by atoms with Crippen LogP contribution < -0.4 is 14.9 Å². The first-order chi connectivity index (χ1) is 12.6. The fraction of sp³-hybridized carbons (Fsp3) is 0.158. The van der Waals surface area contributed by atoms with Crippen LogP contribution in [0, 0.1) is 6.92 Å². The SMILES string of the molecule is COc1cc(/C=N\Nc2nc(-c3ccccc3)c(C)s2)cc(OC)c1O. The molecule has 2 aromatic carbocycles. The Balaban J connectivity index is 1.77. The highest BCUT2D eigenvalue weighted by atomic mass is 32.1. The van der Waals surface area contributed by atoms with E-state index in [1.807, 2.05) is 37.3 Å². The van der Waals surface area contributed by atoms with E-state index in [1.165, 1.54) is 25.6 Å². The van der Waals surface area contributed by atoms with Gasteiger partial charge in [0.15, 0.2) is 11.5 Å². The molecule has 0 atom stereocenters. The summed E-state index contributed by atoms with van der Waals surface area (Å²) in [5, 5.41) is 14.9. The van der Waals surface area contributed by atoms with Gasteiger partial charge in [-0.2, -0.15) is 5.10 Å². The molecule has 3 rings (SSSR count). The first-order valence-electron chi connectivity index (χ1n) is 7.89. The molecule has 6 nitrogen and oxygen atoms in total. The summed E-state index contributed by atoms with van der Waals surface area (Å²) in [6, 6.07) is 13.4. The van der Waals surface area contributed by atoms with E-state index in [0.717, 1.165) is 21.7 Å². The standard InChI is InChI=1S/C19H19N3O3S/c1-12-17(14-7-5-4-6-8-14)21-19(26-12)22-20-11-13-9-15(24-2)18(23)16(10-13)25-3/h4-11,23H,1-3H3,(H,21,22)/b20-11-. The van der Waals surface area contributed by atoms with E-state index in [4.69, 9.17) is 9.47 Å². The topological polar surface area (TPSA) is 76.0 Å². The van der Waals surface area contributed by atoms with Crippen LogP contribution in [-0.2, 0) is 0 Å². The smallest absolute Gasteiger partial charge is 0.204 e. The predicted molar refractivity (Wildman–Crippen MR) is 105 cm³/mol. The minimum atomic E-state index is -0.0387. The zero-order valence-corrected chi connectivity index (χ0v) is 15.5. The summed E-state index contributed by atoms with van der Waals surface area (Å²) in [7, 11) is 2.97. The third-order valence-corrected chi connectivity index (χ3v) is 4.60. The Kier molecular flexibility index (Phi) is 5.38. The van der Waals surface area contributed by atoms with Gasteiger partial charge in [-0.15, -0.1) is 11.3 Å². The van der Waals surface area contributed by atoms with E-state index in [-0.39, 0.29) is 5.75 Å². The third-order valence-electron chi connectivity index (χ3n) is 3.72. The number of aromatic hydroxyl groups is 1. The highest BCUT2D eigenvalue weighted by molar-refractivity contribution is 7.15. The second kappa shape index (κ2) is 7.88. The van der Waals surface area contributed by atoms with Crippen molar-refractivity contribution in [3.63, 3.8) is 0 Å². The normalized spacial score (nSPS) is 10.9. The van der Waals surface area contributed by atoms with Crippen molar-refractivity contribution < 1.29 is 14.6 Å². The largest absolute Gasteiger partial charge is 0.502 e. The van der Waals surface area contributed by atoms with Crippen molar-refractivity contribution in [1.82, 2.24) is 4.98 Å². The van der Waals surface area contributed by atoms with Crippen molar-refractivity contribution in [3.8, 4) is 28.5 Å². The van der Waals surface area contributed by atoms with E-state index in [2.05, 4.69) is 15.5 Å². The Labute approximate surface area is 155 Å². The minimum absolute atomic E-state index is 0.0387. The maximum Gasteiger partial charge on any atom is 0.204 e. The number of aryl methyl sites for hydroxylation is 1. The van der Waals surface area contributed by atoms with Crippen LogP contribution in [0.3, 0.4) is 0 Å². The molecule has 0 aliphatic rings. The molecule has 134 valence electrons. The Hall–Kier alpha value is -3.06. The number of methoxy groups -OCH3 is 2. The van der Waals surface area contributed by atoms with Gasteiger partial charge in [-0.3, -0.25) is 5.43 Å². The van der Waals surface area contributed by atoms with Crippen LogP contribution in [-0.4, -0.2) is 30.5 Å². The first-order valence-corrected chi connectivity index (χ1v) is 8.71. The molecule has 0 spiro atoms. The summed E-state index contributed by atoms with van der Waals surface area (Å²) >= 11 is 1.54. The number of aromatic nitrogens is 1. The van der Waals surface area contributed by atoms with Gasteiger partial charge in [0.2, 0.25) is 10.9 Å². The van der Waals surface area contributed by atoms with E-state index in [0.29, 0.717) is 16.6 Å². The number of hydrazone groups is 1. The number of nitrogens with zero attached hydrogens (tertiary/aromatic N) is 2. The Bertz CT molecular complexity index is 898. The molecule has 7 heteroatoms. The maximum absolute atomic E-state index is 9.94. The molecule has 1 aromatic heterocycles. The number of hydrogen-bond donors (Lipinski definition) is 2. The number of anilines is 1. The Morgan fingerprint density at radius 1 is 1.12 bits per heavy atom. The van der Waals surface area contributed by atoms with Gasteiger partial charge in [-0.25, -0.2) is 4.98 Å². The summed E-state index contributed by atoms with van der Waals surface area (Å²) < 4.78 is 10.3. The van der Waals surface area contributed by atoms with Crippen molar-refractivity contribution in [1.29, 1.82) is 0 Å². The minimum Gasteiger partial charge on any atom is -0.502 e. The van der Waals surface area contributed by atoms with E-state index >= 15 is 0 Å². The van der Waals surface area contributed by atoms with Gasteiger partial charge in [0, 0.05) is 16.0 Å². The van der Waals surface area contributed by atoms with Crippen molar-refractivity contribution in [3.05, 3.63) is 52.9 Å². The molecular formula is C19H19N3O3S. The first kappa shape index (κ1) is 17.8. The van der Waals surface area contributed by atoms with Gasteiger partial charge in [-0.1, -0.05) is 30.3 Å². The number of phenolic OH excluding ortho intramolecular Hbond substituents is 1. The molecule has 0 bridgehead atoms. The van der Waals surface area contributed by atoms with Crippen molar-refractivity contribution in [2.24, 2.45) is 5.10 Å². The molecule has 0 unspecified atom stereocenters. The lowest BCUT2D eigenvalue weighted by Gasteiger charge is -2.09. The van der Waals surface area contributed by atoms with Crippen LogP contribution in [0.1, 0.15) is 10.4 Å². The third kappa shape index (κ3) is 3.78. The maximum atomic E-state index is 9.94. The van der Waals surface area contributed by atoms with E-state index in [9.17, 15) is 5.11 Å². The summed E-state index contributed by atoms with van der Waals surface area (Å²) in [5.41, 5.74) is 5.69. The van der Waals surface area contributed by atoms with Crippen LogP contribution in [0.4, 0.5) is 5.13 Å². The monoisotopic (exact) mass is 369 g/mol. The lowest BCUT2D eigenvalue weighted by molar-refractivity contribution is 0.340. The second-order valence-electron chi connectivity index (χ2n) is 5.43. The Morgan fingerprint density at radius 2 is 1.77 bits per heavy atom.